The maximum atomic E-state index is 11.4. The molecule has 0 aromatic heterocycles. The number of esters is 2. The number of nitrogens with one attached hydrogen (secondary N) is 2. The molecule has 0 aliphatic rings. The van der Waals surface area contributed by atoms with Crippen LogP contribution in [0.15, 0.2) is 0 Å². The van der Waals surface area contributed by atoms with Crippen molar-refractivity contribution in [3.05, 3.63) is 0 Å². The lowest BCUT2D eigenvalue weighted by molar-refractivity contribution is -0.148. The van der Waals surface area contributed by atoms with Crippen molar-refractivity contribution in [3.63, 3.8) is 0 Å². The Morgan fingerprint density at radius 1 is 1.09 bits per heavy atom. The predicted octanol–water partition coefficient (Wildman–Crippen LogP) is 0.732. The molecular weight excluding hydrogens is 306 g/mol. The zero-order valence-electron chi connectivity index (χ0n) is 14.0. The molecule has 0 spiro atoms. The van der Waals surface area contributed by atoms with E-state index in [1.54, 1.807) is 13.8 Å². The van der Waals surface area contributed by atoms with E-state index in [1.165, 1.54) is 11.9 Å². The summed E-state index contributed by atoms with van der Waals surface area (Å²) in [4.78, 5) is 35.2. The van der Waals surface area contributed by atoms with E-state index in [4.69, 9.17) is 19.6 Å². The van der Waals surface area contributed by atoms with Gasteiger partial charge in [-0.2, -0.15) is 0 Å². The van der Waals surface area contributed by atoms with Crippen LogP contribution in [0.3, 0.4) is 0 Å². The lowest BCUT2D eigenvalue weighted by Gasteiger charge is -2.19. The zero-order valence-corrected chi connectivity index (χ0v) is 14.0. The molecule has 0 fully saturated rings. The highest BCUT2D eigenvalue weighted by molar-refractivity contribution is 5.93. The maximum Gasteiger partial charge on any atom is 0.414 e. The van der Waals surface area contributed by atoms with Crippen LogP contribution in [0.2, 0.25) is 0 Å². The van der Waals surface area contributed by atoms with Gasteiger partial charge in [-0.15, -0.1) is 0 Å². The number of amides is 1. The number of guanidine groups is 1. The first-order valence-corrected chi connectivity index (χ1v) is 7.33. The molecule has 0 rings (SSSR count). The Bertz CT molecular complexity index is 425. The third kappa shape index (κ3) is 10.1. The molecule has 0 unspecified atom stereocenters. The molecular formula is C14H25N3O6. The smallest absolute Gasteiger partial charge is 0.414 e. The average molecular weight is 331 g/mol. The summed E-state index contributed by atoms with van der Waals surface area (Å²) >= 11 is 0. The molecule has 0 aliphatic carbocycles. The average Bonchev–Trinajstić information content (AvgIpc) is 2.48. The summed E-state index contributed by atoms with van der Waals surface area (Å²) in [6.45, 7) is 5.22. The number of nitrogens with zero attached hydrogens (tertiary/aromatic N) is 1. The molecule has 2 N–H and O–H groups in total. The van der Waals surface area contributed by atoms with E-state index >= 15 is 0 Å². The molecule has 0 saturated heterocycles. The fourth-order valence-electron chi connectivity index (χ4n) is 1.21. The zero-order chi connectivity index (χ0) is 17.8. The predicted molar refractivity (Wildman–Crippen MR) is 81.9 cm³/mol. The molecule has 23 heavy (non-hydrogen) atoms. The second kappa shape index (κ2) is 11.3. The molecule has 0 heterocycles. The number of likely N-dealkylation sites (N-methyl/N-ethyl adjacent to an activating group) is 1. The minimum atomic E-state index is -0.871. The quantitative estimate of drug-likeness (QED) is 0.221. The van der Waals surface area contributed by atoms with E-state index in [2.05, 4.69) is 5.32 Å². The fourth-order valence-corrected chi connectivity index (χ4v) is 1.21. The van der Waals surface area contributed by atoms with Crippen molar-refractivity contribution in [2.24, 2.45) is 5.92 Å². The van der Waals surface area contributed by atoms with Gasteiger partial charge in [0.15, 0.2) is 0 Å². The summed E-state index contributed by atoms with van der Waals surface area (Å²) in [6, 6.07) is 0. The van der Waals surface area contributed by atoms with Gasteiger partial charge < -0.3 is 19.1 Å². The van der Waals surface area contributed by atoms with E-state index in [0.717, 1.165) is 0 Å². The van der Waals surface area contributed by atoms with Gasteiger partial charge in [-0.1, -0.05) is 20.8 Å². The summed E-state index contributed by atoms with van der Waals surface area (Å²) < 4.78 is 14.4. The molecule has 0 aliphatic heterocycles. The topological polar surface area (TPSA) is 118 Å². The number of hydrogen-bond acceptors (Lipinski definition) is 7. The third-order valence-corrected chi connectivity index (χ3v) is 2.47. The van der Waals surface area contributed by atoms with Crippen LogP contribution in [-0.2, 0) is 23.8 Å². The Balaban J connectivity index is 3.94. The van der Waals surface area contributed by atoms with Crippen LogP contribution >= 0.6 is 0 Å². The Labute approximate surface area is 135 Å². The van der Waals surface area contributed by atoms with Gasteiger partial charge in [0, 0.05) is 7.05 Å². The van der Waals surface area contributed by atoms with Crippen molar-refractivity contribution in [2.45, 2.75) is 27.2 Å². The Morgan fingerprint density at radius 3 is 2.26 bits per heavy atom. The molecule has 0 saturated carbocycles. The summed E-state index contributed by atoms with van der Waals surface area (Å²) in [6.07, 6.45) is -0.164. The van der Waals surface area contributed by atoms with Gasteiger partial charge in [-0.25, -0.2) is 4.79 Å². The minimum Gasteiger partial charge on any atom is -0.464 e. The second-order valence-corrected chi connectivity index (χ2v) is 5.01. The van der Waals surface area contributed by atoms with Crippen molar-refractivity contribution in [3.8, 4) is 0 Å². The van der Waals surface area contributed by atoms with Gasteiger partial charge in [-0.05, 0) is 6.42 Å². The molecule has 0 bridgehead atoms. The van der Waals surface area contributed by atoms with Gasteiger partial charge in [0.2, 0.25) is 5.96 Å². The Kier molecular flexibility index (Phi) is 10.1. The number of ether oxygens (including phenoxy) is 3. The van der Waals surface area contributed by atoms with Crippen LogP contribution < -0.4 is 5.32 Å². The minimum absolute atomic E-state index is 0.0586. The van der Waals surface area contributed by atoms with Crippen molar-refractivity contribution in [1.29, 1.82) is 5.41 Å². The molecule has 9 nitrogen and oxygen atoms in total. The molecule has 0 radical (unpaired) electrons. The summed E-state index contributed by atoms with van der Waals surface area (Å²) in [5, 5.41) is 9.77. The highest BCUT2D eigenvalue weighted by Gasteiger charge is 2.14. The van der Waals surface area contributed by atoms with Crippen LogP contribution in [0.5, 0.6) is 0 Å². The number of carbonyl (C=O) groups excluding carboxylic acids is 3. The largest absolute Gasteiger partial charge is 0.464 e. The van der Waals surface area contributed by atoms with E-state index in [1.807, 2.05) is 6.92 Å². The van der Waals surface area contributed by atoms with E-state index in [0.29, 0.717) is 13.0 Å². The lowest BCUT2D eigenvalue weighted by Crippen LogP contribution is -2.44. The summed E-state index contributed by atoms with van der Waals surface area (Å²) in [5.41, 5.74) is 0. The third-order valence-electron chi connectivity index (χ3n) is 2.47. The lowest BCUT2D eigenvalue weighted by atomic mass is 10.2. The second-order valence-electron chi connectivity index (χ2n) is 5.01. The van der Waals surface area contributed by atoms with Gasteiger partial charge in [0.25, 0.3) is 0 Å². The van der Waals surface area contributed by atoms with Crippen LogP contribution in [0.4, 0.5) is 4.79 Å². The van der Waals surface area contributed by atoms with Crippen molar-refractivity contribution < 1.29 is 28.6 Å². The van der Waals surface area contributed by atoms with Crippen LogP contribution in [0.25, 0.3) is 0 Å². The Hall–Kier alpha value is -2.32. The summed E-state index contributed by atoms with van der Waals surface area (Å²) in [5.74, 6) is -1.43. The first kappa shape index (κ1) is 20.7. The van der Waals surface area contributed by atoms with Crippen LogP contribution in [0.1, 0.15) is 27.2 Å². The molecule has 132 valence electrons. The molecule has 1 amide bonds. The van der Waals surface area contributed by atoms with E-state index in [9.17, 15) is 14.4 Å². The normalized spacial score (nSPS) is 9.96. The van der Waals surface area contributed by atoms with Crippen LogP contribution in [0, 0.1) is 11.3 Å². The highest BCUT2D eigenvalue weighted by Crippen LogP contribution is 1.95. The standard InChI is InChI=1S/C14H25N3O6/c1-5-6-21-11(18)9-17(4)13(15)16-14(20)23-8-7-22-12(19)10(2)3/h10H,5-9H2,1-4H3,(H2,15,16,20). The number of alkyl carbamates (subject to hydrolysis) is 1. The molecule has 0 aromatic rings. The number of carbonyl (C=O) groups is 3. The van der Waals surface area contributed by atoms with Crippen LogP contribution in [-0.4, -0.2) is 62.3 Å². The summed E-state index contributed by atoms with van der Waals surface area (Å²) in [7, 11) is 1.46. The van der Waals surface area contributed by atoms with Gasteiger partial charge >= 0.3 is 18.0 Å². The number of rotatable bonds is 8. The first-order valence-electron chi connectivity index (χ1n) is 7.33. The van der Waals surface area contributed by atoms with Gasteiger partial charge in [0.05, 0.1) is 12.5 Å². The first-order chi connectivity index (χ1) is 10.8. The van der Waals surface area contributed by atoms with Crippen molar-refractivity contribution in [1.82, 2.24) is 10.2 Å². The molecule has 9 heteroatoms. The van der Waals surface area contributed by atoms with Gasteiger partial charge in [0.1, 0.15) is 19.8 Å². The Morgan fingerprint density at radius 2 is 1.70 bits per heavy atom. The maximum absolute atomic E-state index is 11.4. The monoisotopic (exact) mass is 331 g/mol. The SMILES string of the molecule is CCCOC(=O)CN(C)C(=N)NC(=O)OCCOC(=O)C(C)C. The highest BCUT2D eigenvalue weighted by atomic mass is 16.6. The molecule has 0 aromatic carbocycles. The van der Waals surface area contributed by atoms with E-state index < -0.39 is 12.1 Å². The van der Waals surface area contributed by atoms with Gasteiger partial charge in [-0.3, -0.25) is 20.3 Å². The van der Waals surface area contributed by atoms with Crippen molar-refractivity contribution in [2.75, 3.05) is 33.4 Å². The molecule has 0 atom stereocenters. The fraction of sp³-hybridized carbons (Fsp3) is 0.714. The number of hydrogen-bond donors (Lipinski definition) is 2. The van der Waals surface area contributed by atoms with Crippen molar-refractivity contribution >= 4 is 24.0 Å². The van der Waals surface area contributed by atoms with E-state index in [-0.39, 0.29) is 37.6 Å².